The number of nitrogens with one attached hydrogen (secondary N) is 1. The van der Waals surface area contributed by atoms with Gasteiger partial charge < -0.3 is 14.8 Å². The molecule has 0 bridgehead atoms. The second-order valence-corrected chi connectivity index (χ2v) is 10.0. The molecule has 1 N–H and O–H groups in total. The molecule has 0 spiro atoms. The van der Waals surface area contributed by atoms with Crippen molar-refractivity contribution in [2.24, 2.45) is 0 Å². The van der Waals surface area contributed by atoms with Gasteiger partial charge in [-0.15, -0.1) is 0 Å². The van der Waals surface area contributed by atoms with E-state index in [1.165, 1.54) is 40.4 Å². The number of benzene rings is 3. The summed E-state index contributed by atoms with van der Waals surface area (Å²) in [6.07, 6.45) is 7.29. The molecule has 2 heterocycles. The van der Waals surface area contributed by atoms with Crippen molar-refractivity contribution >= 4 is 16.8 Å². The van der Waals surface area contributed by atoms with Crippen LogP contribution in [0.2, 0.25) is 0 Å². The van der Waals surface area contributed by atoms with E-state index < -0.39 is 0 Å². The molecule has 186 valence electrons. The quantitative estimate of drug-likeness (QED) is 0.286. The number of nitrogens with zero attached hydrogens (tertiary/aromatic N) is 2. The fourth-order valence-corrected chi connectivity index (χ4v) is 5.52. The van der Waals surface area contributed by atoms with Crippen molar-refractivity contribution < 1.29 is 4.79 Å². The van der Waals surface area contributed by atoms with E-state index in [2.05, 4.69) is 106 Å². The number of amides is 1. The van der Waals surface area contributed by atoms with Crippen LogP contribution in [0.5, 0.6) is 0 Å². The molecular formula is C32H37N3O. The van der Waals surface area contributed by atoms with E-state index in [-0.39, 0.29) is 11.8 Å². The summed E-state index contributed by atoms with van der Waals surface area (Å²) in [5, 5.41) is 4.48. The number of fused-ring (bicyclic) bond motifs is 1. The van der Waals surface area contributed by atoms with E-state index in [0.29, 0.717) is 6.42 Å². The summed E-state index contributed by atoms with van der Waals surface area (Å²) >= 11 is 0. The van der Waals surface area contributed by atoms with E-state index >= 15 is 0 Å². The second kappa shape index (κ2) is 12.0. The van der Waals surface area contributed by atoms with Gasteiger partial charge in [-0.25, -0.2) is 0 Å². The van der Waals surface area contributed by atoms with Crippen LogP contribution in [0.4, 0.5) is 0 Å². The average Bonchev–Trinajstić information content (AvgIpc) is 3.56. The van der Waals surface area contributed by atoms with Crippen molar-refractivity contribution in [2.45, 2.75) is 44.6 Å². The monoisotopic (exact) mass is 479 g/mol. The lowest BCUT2D eigenvalue weighted by Gasteiger charge is -2.18. The fourth-order valence-electron chi connectivity index (χ4n) is 5.52. The Kier molecular flexibility index (Phi) is 8.14. The van der Waals surface area contributed by atoms with Crippen LogP contribution in [-0.2, 0) is 17.8 Å². The molecule has 36 heavy (non-hydrogen) atoms. The van der Waals surface area contributed by atoms with Crippen LogP contribution in [0, 0.1) is 0 Å². The highest BCUT2D eigenvalue weighted by molar-refractivity contribution is 5.86. The van der Waals surface area contributed by atoms with Crippen LogP contribution in [0.3, 0.4) is 0 Å². The second-order valence-electron chi connectivity index (χ2n) is 10.0. The molecule has 1 saturated heterocycles. The minimum atomic E-state index is 0.159. The predicted octanol–water partition coefficient (Wildman–Crippen LogP) is 6.01. The van der Waals surface area contributed by atoms with Crippen LogP contribution in [0.25, 0.3) is 10.9 Å². The highest BCUT2D eigenvalue weighted by atomic mass is 16.1. The van der Waals surface area contributed by atoms with Crippen LogP contribution < -0.4 is 5.32 Å². The van der Waals surface area contributed by atoms with E-state index in [9.17, 15) is 4.79 Å². The summed E-state index contributed by atoms with van der Waals surface area (Å²) in [7, 11) is 0. The van der Waals surface area contributed by atoms with Gasteiger partial charge in [0.25, 0.3) is 0 Å². The summed E-state index contributed by atoms with van der Waals surface area (Å²) in [5.41, 5.74) is 5.12. The zero-order chi connectivity index (χ0) is 24.6. The van der Waals surface area contributed by atoms with Crippen molar-refractivity contribution in [3.8, 4) is 0 Å². The summed E-state index contributed by atoms with van der Waals surface area (Å²) in [5.74, 6) is 0.325. The number of hydrogen-bond acceptors (Lipinski definition) is 2. The van der Waals surface area contributed by atoms with Gasteiger partial charge in [0.05, 0.1) is 0 Å². The molecule has 3 aromatic carbocycles. The Balaban J connectivity index is 1.36. The maximum absolute atomic E-state index is 13.1. The molecule has 1 aliphatic heterocycles. The first kappa shape index (κ1) is 24.3. The molecule has 0 radical (unpaired) electrons. The number of carbonyl (C=O) groups excluding carboxylic acids is 1. The number of aryl methyl sites for hydroxylation is 1. The molecule has 0 aliphatic carbocycles. The zero-order valence-corrected chi connectivity index (χ0v) is 21.1. The first-order valence-electron chi connectivity index (χ1n) is 13.4. The molecule has 5 rings (SSSR count). The highest BCUT2D eigenvalue weighted by Crippen LogP contribution is 2.33. The molecular weight excluding hydrogens is 442 g/mol. The standard InChI is InChI=1S/C32H37N3O/c36-32(33-19-22-34-20-9-10-21-34)23-28(18-17-26-11-3-1-4-12-26)30-25-35(24-27-13-5-2-6-14-27)31-16-8-7-15-29(30)31/h1-8,11-16,25,28H,9-10,17-24H2,(H,33,36)/t28-/m0/s1. The lowest BCUT2D eigenvalue weighted by molar-refractivity contribution is -0.121. The third kappa shape index (κ3) is 6.24. The Labute approximate surface area is 214 Å². The molecule has 4 nitrogen and oxygen atoms in total. The van der Waals surface area contributed by atoms with Gasteiger partial charge >= 0.3 is 0 Å². The van der Waals surface area contributed by atoms with E-state index in [4.69, 9.17) is 0 Å². The van der Waals surface area contributed by atoms with Gasteiger partial charge in [0, 0.05) is 43.2 Å². The predicted molar refractivity (Wildman–Crippen MR) is 148 cm³/mol. The van der Waals surface area contributed by atoms with Crippen LogP contribution in [-0.4, -0.2) is 41.6 Å². The summed E-state index contributed by atoms with van der Waals surface area (Å²) in [6, 6.07) is 29.9. The van der Waals surface area contributed by atoms with Gasteiger partial charge in [0.1, 0.15) is 0 Å². The van der Waals surface area contributed by atoms with E-state index in [1.807, 2.05) is 0 Å². The maximum Gasteiger partial charge on any atom is 0.220 e. The highest BCUT2D eigenvalue weighted by Gasteiger charge is 2.21. The molecule has 1 amide bonds. The third-order valence-corrected chi connectivity index (χ3v) is 7.46. The first-order valence-corrected chi connectivity index (χ1v) is 13.4. The van der Waals surface area contributed by atoms with Crippen molar-refractivity contribution in [1.82, 2.24) is 14.8 Å². The smallest absolute Gasteiger partial charge is 0.220 e. The third-order valence-electron chi connectivity index (χ3n) is 7.46. The molecule has 1 aromatic heterocycles. The molecule has 1 aliphatic rings. The van der Waals surface area contributed by atoms with Gasteiger partial charge in [-0.2, -0.15) is 0 Å². The minimum absolute atomic E-state index is 0.159. The Hall–Kier alpha value is -3.37. The number of rotatable bonds is 11. The van der Waals surface area contributed by atoms with Gasteiger partial charge in [-0.1, -0.05) is 78.9 Å². The Morgan fingerprint density at radius 1 is 0.833 bits per heavy atom. The van der Waals surface area contributed by atoms with Crippen molar-refractivity contribution in [1.29, 1.82) is 0 Å². The molecule has 0 saturated carbocycles. The van der Waals surface area contributed by atoms with Crippen LogP contribution in [0.1, 0.15) is 48.3 Å². The lowest BCUT2D eigenvalue weighted by atomic mass is 9.89. The first-order chi connectivity index (χ1) is 17.8. The summed E-state index contributed by atoms with van der Waals surface area (Å²) in [6.45, 7) is 4.85. The largest absolute Gasteiger partial charge is 0.355 e. The number of likely N-dealkylation sites (tertiary alicyclic amines) is 1. The summed E-state index contributed by atoms with van der Waals surface area (Å²) in [4.78, 5) is 15.6. The minimum Gasteiger partial charge on any atom is -0.355 e. The summed E-state index contributed by atoms with van der Waals surface area (Å²) < 4.78 is 2.35. The Morgan fingerprint density at radius 2 is 1.50 bits per heavy atom. The fraction of sp³-hybridized carbons (Fsp3) is 0.344. The van der Waals surface area contributed by atoms with Crippen LogP contribution in [0.15, 0.2) is 91.1 Å². The molecule has 4 heteroatoms. The molecule has 4 aromatic rings. The number of carbonyl (C=O) groups is 1. The van der Waals surface area contributed by atoms with Gasteiger partial charge in [0.15, 0.2) is 0 Å². The molecule has 0 unspecified atom stereocenters. The zero-order valence-electron chi connectivity index (χ0n) is 21.1. The van der Waals surface area contributed by atoms with Crippen LogP contribution >= 0.6 is 0 Å². The molecule has 1 atom stereocenters. The number of hydrogen-bond donors (Lipinski definition) is 1. The van der Waals surface area contributed by atoms with Crippen molar-refractivity contribution in [2.75, 3.05) is 26.2 Å². The van der Waals surface area contributed by atoms with E-state index in [0.717, 1.165) is 45.6 Å². The maximum atomic E-state index is 13.1. The van der Waals surface area contributed by atoms with E-state index in [1.54, 1.807) is 0 Å². The Bertz CT molecular complexity index is 1240. The lowest BCUT2D eigenvalue weighted by Crippen LogP contribution is -2.34. The normalized spacial score (nSPS) is 14.8. The number of para-hydroxylation sites is 1. The van der Waals surface area contributed by atoms with Crippen molar-refractivity contribution in [3.05, 3.63) is 108 Å². The SMILES string of the molecule is O=C(C[C@H](CCc1ccccc1)c1cn(Cc2ccccc2)c2ccccc12)NCCN1CCCC1. The number of aromatic nitrogens is 1. The van der Waals surface area contributed by atoms with Gasteiger partial charge in [-0.3, -0.25) is 4.79 Å². The average molecular weight is 480 g/mol. The topological polar surface area (TPSA) is 37.3 Å². The van der Waals surface area contributed by atoms with Crippen molar-refractivity contribution in [3.63, 3.8) is 0 Å². The molecule has 1 fully saturated rings. The van der Waals surface area contributed by atoms with Gasteiger partial charge in [0.2, 0.25) is 5.91 Å². The van der Waals surface area contributed by atoms with Gasteiger partial charge in [-0.05, 0) is 67.4 Å². The Morgan fingerprint density at radius 3 is 2.25 bits per heavy atom.